The van der Waals surface area contributed by atoms with E-state index in [4.69, 9.17) is 0 Å². The number of rotatable bonds is 6. The Morgan fingerprint density at radius 2 is 1.47 bits per heavy atom. The number of Topliss-reactive ketones (excluding diaryl/α,β-unsaturated/α-hetero) is 1. The number of thioether (sulfide) groups is 1. The Kier molecular flexibility index (Phi) is 5.55. The summed E-state index contributed by atoms with van der Waals surface area (Å²) < 4.78 is 26.4. The molecule has 1 aliphatic rings. The minimum absolute atomic E-state index is 0.0634. The maximum absolute atomic E-state index is 13.3. The van der Waals surface area contributed by atoms with Gasteiger partial charge in [-0.15, -0.1) is 11.8 Å². The zero-order chi connectivity index (χ0) is 21.3. The topological polar surface area (TPSA) is 57.6 Å². The highest BCUT2D eigenvalue weighted by Gasteiger charge is 2.49. The number of anilines is 1. The molecule has 2 atom stereocenters. The number of halogens is 2. The largest absolute Gasteiger partial charge is 0.508 e. The molecule has 0 aromatic heterocycles. The molecule has 0 unspecified atom stereocenters. The molecule has 1 fully saturated rings. The van der Waals surface area contributed by atoms with E-state index in [2.05, 4.69) is 0 Å². The summed E-state index contributed by atoms with van der Waals surface area (Å²) >= 11 is 1.22. The molecule has 1 N–H and O–H groups in total. The van der Waals surface area contributed by atoms with Crippen LogP contribution in [-0.4, -0.2) is 27.8 Å². The summed E-state index contributed by atoms with van der Waals surface area (Å²) in [7, 11) is 0. The highest BCUT2D eigenvalue weighted by atomic mass is 32.2. The van der Waals surface area contributed by atoms with Crippen LogP contribution in [0, 0.1) is 11.6 Å². The highest BCUT2D eigenvalue weighted by molar-refractivity contribution is 8.01. The number of ketones is 1. The van der Waals surface area contributed by atoms with Crippen LogP contribution in [0.1, 0.15) is 22.0 Å². The van der Waals surface area contributed by atoms with E-state index < -0.39 is 16.9 Å². The SMILES string of the molecule is O=C(CS[C@@H]1C(=O)N(c2ccc(F)cc2)[C@H]1c1ccc(O)cc1)c1ccc(F)cc1. The van der Waals surface area contributed by atoms with Crippen molar-refractivity contribution in [3.8, 4) is 5.75 Å². The summed E-state index contributed by atoms with van der Waals surface area (Å²) in [4.78, 5) is 26.9. The van der Waals surface area contributed by atoms with Crippen molar-refractivity contribution in [2.45, 2.75) is 11.3 Å². The van der Waals surface area contributed by atoms with Gasteiger partial charge in [0.15, 0.2) is 5.78 Å². The number of β-lactam (4-membered cyclic amide) rings is 1. The molecule has 4 nitrogen and oxygen atoms in total. The van der Waals surface area contributed by atoms with Gasteiger partial charge in [-0.2, -0.15) is 0 Å². The van der Waals surface area contributed by atoms with Gasteiger partial charge >= 0.3 is 0 Å². The van der Waals surface area contributed by atoms with Gasteiger partial charge in [0.1, 0.15) is 22.6 Å². The molecular formula is C23H17F2NO3S. The second kappa shape index (κ2) is 8.28. The Morgan fingerprint density at radius 1 is 0.900 bits per heavy atom. The van der Waals surface area contributed by atoms with Crippen molar-refractivity contribution in [1.82, 2.24) is 0 Å². The molecule has 152 valence electrons. The predicted molar refractivity (Wildman–Crippen MR) is 112 cm³/mol. The Bertz CT molecular complexity index is 1070. The van der Waals surface area contributed by atoms with E-state index in [9.17, 15) is 23.5 Å². The van der Waals surface area contributed by atoms with Crippen LogP contribution in [0.3, 0.4) is 0 Å². The van der Waals surface area contributed by atoms with Crippen LogP contribution in [0.25, 0.3) is 0 Å². The van der Waals surface area contributed by atoms with Crippen LogP contribution in [-0.2, 0) is 4.79 Å². The molecule has 1 aliphatic heterocycles. The third kappa shape index (κ3) is 3.93. The van der Waals surface area contributed by atoms with Gasteiger partial charge in [0, 0.05) is 11.3 Å². The summed E-state index contributed by atoms with van der Waals surface area (Å²) in [5.74, 6) is -1.03. The predicted octanol–water partition coefficient (Wildman–Crippen LogP) is 4.74. The van der Waals surface area contributed by atoms with Gasteiger partial charge < -0.3 is 10.0 Å². The molecule has 0 bridgehead atoms. The first-order valence-corrected chi connectivity index (χ1v) is 10.3. The lowest BCUT2D eigenvalue weighted by Crippen LogP contribution is -2.57. The maximum Gasteiger partial charge on any atom is 0.243 e. The first kappa shape index (κ1) is 20.1. The van der Waals surface area contributed by atoms with Crippen molar-refractivity contribution < 1.29 is 23.5 Å². The van der Waals surface area contributed by atoms with Gasteiger partial charge in [-0.1, -0.05) is 12.1 Å². The summed E-state index contributed by atoms with van der Waals surface area (Å²) in [5, 5.41) is 9.07. The second-order valence-electron chi connectivity index (χ2n) is 6.88. The molecule has 0 spiro atoms. The third-order valence-electron chi connectivity index (χ3n) is 4.95. The number of hydrogen-bond donors (Lipinski definition) is 1. The van der Waals surface area contributed by atoms with Gasteiger partial charge in [-0.3, -0.25) is 9.59 Å². The molecular weight excluding hydrogens is 408 g/mol. The molecule has 3 aromatic carbocycles. The molecule has 30 heavy (non-hydrogen) atoms. The summed E-state index contributed by atoms with van der Waals surface area (Å²) in [6, 6.07) is 17.1. The Balaban J connectivity index is 1.55. The van der Waals surface area contributed by atoms with E-state index in [1.807, 2.05) is 0 Å². The average Bonchev–Trinajstić information content (AvgIpc) is 2.74. The van der Waals surface area contributed by atoms with E-state index >= 15 is 0 Å². The summed E-state index contributed by atoms with van der Waals surface area (Å²) in [6.07, 6.45) is 0. The van der Waals surface area contributed by atoms with Gasteiger partial charge in [-0.25, -0.2) is 8.78 Å². The number of carbonyl (C=O) groups excluding carboxylic acids is 2. The minimum atomic E-state index is -0.510. The van der Waals surface area contributed by atoms with Crippen LogP contribution < -0.4 is 4.90 Å². The fraction of sp³-hybridized carbons (Fsp3) is 0.130. The number of hydrogen-bond acceptors (Lipinski definition) is 4. The molecule has 1 heterocycles. The van der Waals surface area contributed by atoms with Gasteiger partial charge in [-0.05, 0) is 66.2 Å². The zero-order valence-corrected chi connectivity index (χ0v) is 16.5. The average molecular weight is 425 g/mol. The quantitative estimate of drug-likeness (QED) is 0.458. The zero-order valence-electron chi connectivity index (χ0n) is 15.7. The standard InChI is InChI=1S/C23H17F2NO3S/c24-16-5-1-14(2-6-16)20(28)13-30-22-21(15-3-11-19(27)12-4-15)26(23(22)29)18-9-7-17(25)8-10-18/h1-12,21-22,27H,13H2/t21-,22-/m0/s1. The molecule has 4 rings (SSSR count). The third-order valence-corrected chi connectivity index (χ3v) is 6.19. The molecule has 0 radical (unpaired) electrons. The van der Waals surface area contributed by atoms with Crippen molar-refractivity contribution in [1.29, 1.82) is 0 Å². The summed E-state index contributed by atoms with van der Waals surface area (Å²) in [5.41, 5.74) is 1.73. The molecule has 7 heteroatoms. The van der Waals surface area contributed by atoms with Crippen LogP contribution in [0.15, 0.2) is 72.8 Å². The van der Waals surface area contributed by atoms with E-state index in [0.29, 0.717) is 11.3 Å². The number of amides is 1. The van der Waals surface area contributed by atoms with Crippen LogP contribution in [0.5, 0.6) is 5.75 Å². The fourth-order valence-corrected chi connectivity index (χ4v) is 4.61. The van der Waals surface area contributed by atoms with E-state index in [-0.39, 0.29) is 29.2 Å². The lowest BCUT2D eigenvalue weighted by molar-refractivity contribution is -0.123. The van der Waals surface area contributed by atoms with Crippen molar-refractivity contribution in [2.75, 3.05) is 10.7 Å². The van der Waals surface area contributed by atoms with Crippen molar-refractivity contribution in [3.63, 3.8) is 0 Å². The number of nitrogens with zero attached hydrogens (tertiary/aromatic N) is 1. The van der Waals surface area contributed by atoms with Gasteiger partial charge in [0.25, 0.3) is 0 Å². The Hall–Kier alpha value is -3.19. The molecule has 1 saturated heterocycles. The number of phenols is 1. The monoisotopic (exact) mass is 425 g/mol. The van der Waals surface area contributed by atoms with Gasteiger partial charge in [0.05, 0.1) is 11.8 Å². The Labute approximate surface area is 176 Å². The van der Waals surface area contributed by atoms with Crippen LogP contribution in [0.2, 0.25) is 0 Å². The van der Waals surface area contributed by atoms with Crippen LogP contribution >= 0.6 is 11.8 Å². The number of aromatic hydroxyl groups is 1. The summed E-state index contributed by atoms with van der Waals surface area (Å²) in [6.45, 7) is 0. The first-order chi connectivity index (χ1) is 14.4. The smallest absolute Gasteiger partial charge is 0.243 e. The molecule has 1 amide bonds. The first-order valence-electron chi connectivity index (χ1n) is 9.22. The number of phenolic OH excluding ortho intramolecular Hbond substituents is 1. The highest BCUT2D eigenvalue weighted by Crippen LogP contribution is 2.45. The van der Waals surface area contributed by atoms with Gasteiger partial charge in [0.2, 0.25) is 5.91 Å². The van der Waals surface area contributed by atoms with Crippen molar-refractivity contribution >= 4 is 29.1 Å². The normalized spacial score (nSPS) is 18.2. The lowest BCUT2D eigenvalue weighted by Gasteiger charge is -2.47. The second-order valence-corrected chi connectivity index (χ2v) is 8.01. The van der Waals surface area contributed by atoms with E-state index in [1.165, 1.54) is 72.4 Å². The van der Waals surface area contributed by atoms with Crippen LogP contribution in [0.4, 0.5) is 14.5 Å². The lowest BCUT2D eigenvalue weighted by atomic mass is 9.92. The molecule has 0 saturated carbocycles. The van der Waals surface area contributed by atoms with E-state index in [0.717, 1.165) is 5.56 Å². The Morgan fingerprint density at radius 3 is 2.07 bits per heavy atom. The molecule has 0 aliphatic carbocycles. The number of benzene rings is 3. The van der Waals surface area contributed by atoms with Crippen molar-refractivity contribution in [2.24, 2.45) is 0 Å². The minimum Gasteiger partial charge on any atom is -0.508 e. The van der Waals surface area contributed by atoms with E-state index in [1.54, 1.807) is 17.0 Å². The fourth-order valence-electron chi connectivity index (χ4n) is 3.39. The maximum atomic E-state index is 13.3. The molecule has 3 aromatic rings. The van der Waals surface area contributed by atoms with Crippen molar-refractivity contribution in [3.05, 3.63) is 95.6 Å². The number of carbonyl (C=O) groups is 2.